The second-order valence-electron chi connectivity index (χ2n) is 4.43. The van der Waals surface area contributed by atoms with E-state index in [4.69, 9.17) is 0 Å². The molecule has 100 valence electrons. The first-order chi connectivity index (χ1) is 9.16. The molecular formula is C15H16F2N2. The maximum atomic E-state index is 12.6. The molecule has 1 aromatic carbocycles. The SMILES string of the molecule is C[C@@H](NCc1cccc(C(F)F)c1)c1ccncc1. The third kappa shape index (κ3) is 3.83. The number of hydrogen-bond acceptors (Lipinski definition) is 2. The van der Waals surface area contributed by atoms with Crippen molar-refractivity contribution in [1.82, 2.24) is 10.3 Å². The zero-order valence-electron chi connectivity index (χ0n) is 10.7. The molecule has 0 spiro atoms. The number of rotatable bonds is 5. The van der Waals surface area contributed by atoms with Crippen molar-refractivity contribution in [3.8, 4) is 0 Å². The Hall–Kier alpha value is -1.81. The second-order valence-corrected chi connectivity index (χ2v) is 4.43. The van der Waals surface area contributed by atoms with Gasteiger partial charge in [-0.25, -0.2) is 8.78 Å². The summed E-state index contributed by atoms with van der Waals surface area (Å²) in [6.07, 6.45) is 1.06. The molecule has 0 aliphatic rings. The molecule has 1 aromatic heterocycles. The number of benzene rings is 1. The van der Waals surface area contributed by atoms with Crippen molar-refractivity contribution in [3.63, 3.8) is 0 Å². The average Bonchev–Trinajstić information content (AvgIpc) is 2.46. The summed E-state index contributed by atoms with van der Waals surface area (Å²) in [5, 5.41) is 3.31. The van der Waals surface area contributed by atoms with Crippen LogP contribution in [-0.2, 0) is 6.54 Å². The average molecular weight is 262 g/mol. The van der Waals surface area contributed by atoms with Crippen LogP contribution >= 0.6 is 0 Å². The Morgan fingerprint density at radius 3 is 2.53 bits per heavy atom. The van der Waals surface area contributed by atoms with Crippen LogP contribution in [0.3, 0.4) is 0 Å². The molecule has 0 radical (unpaired) electrons. The number of nitrogens with one attached hydrogen (secondary N) is 1. The largest absolute Gasteiger partial charge is 0.306 e. The summed E-state index contributed by atoms with van der Waals surface area (Å²) in [4.78, 5) is 3.97. The fraction of sp³-hybridized carbons (Fsp3) is 0.267. The zero-order valence-corrected chi connectivity index (χ0v) is 10.7. The lowest BCUT2D eigenvalue weighted by molar-refractivity contribution is 0.151. The van der Waals surface area contributed by atoms with E-state index in [-0.39, 0.29) is 11.6 Å². The summed E-state index contributed by atoms with van der Waals surface area (Å²) in [5.74, 6) is 0. The first-order valence-electron chi connectivity index (χ1n) is 6.17. The van der Waals surface area contributed by atoms with E-state index in [1.165, 1.54) is 12.1 Å². The van der Waals surface area contributed by atoms with Gasteiger partial charge in [0.15, 0.2) is 0 Å². The molecule has 1 N–H and O–H groups in total. The molecule has 0 unspecified atom stereocenters. The monoisotopic (exact) mass is 262 g/mol. The molecule has 4 heteroatoms. The Bertz CT molecular complexity index is 515. The van der Waals surface area contributed by atoms with E-state index in [1.807, 2.05) is 25.1 Å². The predicted octanol–water partition coefficient (Wildman–Crippen LogP) is 3.87. The molecule has 1 heterocycles. The van der Waals surface area contributed by atoms with E-state index < -0.39 is 6.43 Å². The number of aromatic nitrogens is 1. The van der Waals surface area contributed by atoms with Crippen molar-refractivity contribution in [2.75, 3.05) is 0 Å². The molecular weight excluding hydrogens is 246 g/mol. The van der Waals surface area contributed by atoms with Gasteiger partial charge in [-0.3, -0.25) is 4.98 Å². The van der Waals surface area contributed by atoms with Crippen LogP contribution in [0.4, 0.5) is 8.78 Å². The van der Waals surface area contributed by atoms with E-state index in [1.54, 1.807) is 18.5 Å². The molecule has 0 saturated carbocycles. The molecule has 0 aliphatic carbocycles. The van der Waals surface area contributed by atoms with E-state index in [9.17, 15) is 8.78 Å². The fourth-order valence-corrected chi connectivity index (χ4v) is 1.88. The van der Waals surface area contributed by atoms with Gasteiger partial charge < -0.3 is 5.32 Å². The number of hydrogen-bond donors (Lipinski definition) is 1. The molecule has 1 atom stereocenters. The van der Waals surface area contributed by atoms with E-state index >= 15 is 0 Å². The van der Waals surface area contributed by atoms with E-state index in [2.05, 4.69) is 10.3 Å². The van der Waals surface area contributed by atoms with Crippen molar-refractivity contribution in [1.29, 1.82) is 0 Å². The quantitative estimate of drug-likeness (QED) is 0.884. The summed E-state index contributed by atoms with van der Waals surface area (Å²) in [5.41, 5.74) is 2.05. The van der Waals surface area contributed by atoms with Crippen molar-refractivity contribution in [2.24, 2.45) is 0 Å². The van der Waals surface area contributed by atoms with E-state index in [0.717, 1.165) is 11.1 Å². The smallest absolute Gasteiger partial charge is 0.263 e. The van der Waals surface area contributed by atoms with Crippen LogP contribution in [0.1, 0.15) is 36.1 Å². The summed E-state index contributed by atoms with van der Waals surface area (Å²) in [7, 11) is 0. The van der Waals surface area contributed by atoms with Gasteiger partial charge in [-0.15, -0.1) is 0 Å². The van der Waals surface area contributed by atoms with Crippen molar-refractivity contribution in [3.05, 3.63) is 65.5 Å². The van der Waals surface area contributed by atoms with Gasteiger partial charge in [0.25, 0.3) is 6.43 Å². The molecule has 0 amide bonds. The highest BCUT2D eigenvalue weighted by Crippen LogP contribution is 2.20. The van der Waals surface area contributed by atoms with Crippen LogP contribution in [0, 0.1) is 0 Å². The maximum absolute atomic E-state index is 12.6. The van der Waals surface area contributed by atoms with Crippen LogP contribution in [-0.4, -0.2) is 4.98 Å². The molecule has 2 aromatic rings. The summed E-state index contributed by atoms with van der Waals surface area (Å²) < 4.78 is 25.2. The highest BCUT2D eigenvalue weighted by Gasteiger charge is 2.08. The van der Waals surface area contributed by atoms with Crippen LogP contribution in [0.5, 0.6) is 0 Å². The molecule has 0 saturated heterocycles. The molecule has 0 aliphatic heterocycles. The second kappa shape index (κ2) is 6.38. The number of pyridine rings is 1. The van der Waals surface area contributed by atoms with Crippen LogP contribution < -0.4 is 5.32 Å². The minimum Gasteiger partial charge on any atom is -0.306 e. The van der Waals surface area contributed by atoms with Gasteiger partial charge in [-0.1, -0.05) is 18.2 Å². The van der Waals surface area contributed by atoms with Gasteiger partial charge in [0.1, 0.15) is 0 Å². The van der Waals surface area contributed by atoms with Gasteiger partial charge in [0, 0.05) is 30.5 Å². The fourth-order valence-electron chi connectivity index (χ4n) is 1.88. The minimum absolute atomic E-state index is 0.0656. The number of halogens is 2. The Morgan fingerprint density at radius 1 is 1.11 bits per heavy atom. The van der Waals surface area contributed by atoms with Gasteiger partial charge >= 0.3 is 0 Å². The van der Waals surface area contributed by atoms with Crippen LogP contribution in [0.25, 0.3) is 0 Å². The lowest BCUT2D eigenvalue weighted by atomic mass is 10.1. The standard InChI is InChI=1S/C15H16F2N2/c1-11(13-5-7-18-8-6-13)19-10-12-3-2-4-14(9-12)15(16)17/h2-9,11,15,19H,10H2,1H3/t11-/m1/s1. The topological polar surface area (TPSA) is 24.9 Å². The molecule has 0 bridgehead atoms. The lowest BCUT2D eigenvalue weighted by Crippen LogP contribution is -2.18. The normalized spacial score (nSPS) is 12.6. The first-order valence-corrected chi connectivity index (χ1v) is 6.17. The van der Waals surface area contributed by atoms with E-state index in [0.29, 0.717) is 6.54 Å². The van der Waals surface area contributed by atoms with Gasteiger partial charge in [-0.05, 0) is 36.2 Å². The van der Waals surface area contributed by atoms with Crippen LogP contribution in [0.15, 0.2) is 48.8 Å². The third-order valence-corrected chi connectivity index (χ3v) is 3.02. The summed E-state index contributed by atoms with van der Waals surface area (Å²) in [6.45, 7) is 2.59. The number of nitrogens with zero attached hydrogens (tertiary/aromatic N) is 1. The Kier molecular flexibility index (Phi) is 4.58. The highest BCUT2D eigenvalue weighted by molar-refractivity contribution is 5.24. The zero-order chi connectivity index (χ0) is 13.7. The Labute approximate surface area is 111 Å². The number of alkyl halides is 2. The molecule has 2 rings (SSSR count). The Balaban J connectivity index is 1.97. The van der Waals surface area contributed by atoms with Gasteiger partial charge in [-0.2, -0.15) is 0 Å². The first kappa shape index (κ1) is 13.6. The summed E-state index contributed by atoms with van der Waals surface area (Å²) in [6, 6.07) is 10.5. The van der Waals surface area contributed by atoms with Crippen molar-refractivity contribution in [2.45, 2.75) is 25.9 Å². The van der Waals surface area contributed by atoms with Gasteiger partial charge in [0.2, 0.25) is 0 Å². The highest BCUT2D eigenvalue weighted by atomic mass is 19.3. The molecule has 2 nitrogen and oxygen atoms in total. The third-order valence-electron chi connectivity index (χ3n) is 3.02. The Morgan fingerprint density at radius 2 is 1.84 bits per heavy atom. The van der Waals surface area contributed by atoms with Gasteiger partial charge in [0.05, 0.1) is 0 Å². The minimum atomic E-state index is -2.42. The van der Waals surface area contributed by atoms with Crippen LogP contribution in [0.2, 0.25) is 0 Å². The van der Waals surface area contributed by atoms with Crippen molar-refractivity contribution >= 4 is 0 Å². The predicted molar refractivity (Wildman–Crippen MR) is 70.9 cm³/mol. The summed E-state index contributed by atoms with van der Waals surface area (Å²) >= 11 is 0. The molecule has 19 heavy (non-hydrogen) atoms. The lowest BCUT2D eigenvalue weighted by Gasteiger charge is -2.14. The molecule has 0 fully saturated rings. The van der Waals surface area contributed by atoms with Crippen molar-refractivity contribution < 1.29 is 8.78 Å². The maximum Gasteiger partial charge on any atom is 0.263 e.